The smallest absolute Gasteiger partial charge is 0.312 e. The van der Waals surface area contributed by atoms with Gasteiger partial charge in [-0.15, -0.1) is 0 Å². The molecule has 1 atom stereocenters. The predicted octanol–water partition coefficient (Wildman–Crippen LogP) is 3.15. The number of nitro benzene ring substituents is 1. The summed E-state index contributed by atoms with van der Waals surface area (Å²) in [5, 5.41) is 20.5. The van der Waals surface area contributed by atoms with Crippen LogP contribution in [0.5, 0.6) is 5.75 Å². The normalized spacial score (nSPS) is 12.2. The molecular formula is C11H13BrFNO4. The van der Waals surface area contributed by atoms with Crippen LogP contribution < -0.4 is 4.74 Å². The lowest BCUT2D eigenvalue weighted by Crippen LogP contribution is -2.06. The van der Waals surface area contributed by atoms with Crippen LogP contribution in [0.4, 0.5) is 10.1 Å². The fraction of sp³-hybridized carbons (Fsp3) is 0.455. The molecule has 18 heavy (non-hydrogen) atoms. The third-order valence-corrected chi connectivity index (χ3v) is 2.69. The maximum atomic E-state index is 12.0. The molecule has 0 bridgehead atoms. The first kappa shape index (κ1) is 14.8. The SMILES string of the molecule is C[C@@H](O)c1cc(Br)cc([N+](=O)[O-])c1OCCCF. The van der Waals surface area contributed by atoms with Crippen LogP contribution in [-0.4, -0.2) is 23.3 Å². The molecule has 0 fully saturated rings. The minimum absolute atomic E-state index is 0.00773. The Balaban J connectivity index is 3.18. The van der Waals surface area contributed by atoms with E-state index in [4.69, 9.17) is 4.74 Å². The van der Waals surface area contributed by atoms with Gasteiger partial charge in [0.25, 0.3) is 0 Å². The number of ether oxygens (including phenoxy) is 1. The molecule has 0 amide bonds. The maximum Gasteiger partial charge on any atom is 0.312 e. The van der Waals surface area contributed by atoms with Crippen LogP contribution in [0.15, 0.2) is 16.6 Å². The number of rotatable bonds is 6. The Labute approximate surface area is 112 Å². The van der Waals surface area contributed by atoms with E-state index in [-0.39, 0.29) is 24.5 Å². The number of benzene rings is 1. The van der Waals surface area contributed by atoms with E-state index >= 15 is 0 Å². The van der Waals surface area contributed by atoms with E-state index < -0.39 is 17.7 Å². The monoisotopic (exact) mass is 321 g/mol. The van der Waals surface area contributed by atoms with Gasteiger partial charge in [0.15, 0.2) is 0 Å². The summed E-state index contributed by atoms with van der Waals surface area (Å²) in [5.41, 5.74) is 0.0501. The molecule has 0 aliphatic carbocycles. The zero-order chi connectivity index (χ0) is 13.7. The van der Waals surface area contributed by atoms with Crippen LogP contribution in [0.25, 0.3) is 0 Å². The molecule has 1 aromatic carbocycles. The standard InChI is InChI=1S/C11H13BrFNO4/c1-7(15)9-5-8(12)6-10(14(16)17)11(9)18-4-2-3-13/h5-7,15H,2-4H2,1H3/t7-/m1/s1. The highest BCUT2D eigenvalue weighted by atomic mass is 79.9. The van der Waals surface area contributed by atoms with Crippen molar-refractivity contribution in [3.05, 3.63) is 32.3 Å². The van der Waals surface area contributed by atoms with Crippen molar-refractivity contribution in [2.75, 3.05) is 13.3 Å². The molecular weight excluding hydrogens is 309 g/mol. The first-order chi connectivity index (χ1) is 8.47. The average molecular weight is 322 g/mol. The van der Waals surface area contributed by atoms with Crippen molar-refractivity contribution in [3.63, 3.8) is 0 Å². The van der Waals surface area contributed by atoms with Gasteiger partial charge in [-0.3, -0.25) is 14.5 Å². The number of aliphatic hydroxyl groups excluding tert-OH is 1. The molecule has 1 aromatic rings. The summed E-state index contributed by atoms with van der Waals surface area (Å²) in [6, 6.07) is 2.83. The molecule has 100 valence electrons. The van der Waals surface area contributed by atoms with E-state index in [1.807, 2.05) is 0 Å². The van der Waals surface area contributed by atoms with Crippen molar-refractivity contribution in [2.45, 2.75) is 19.4 Å². The summed E-state index contributed by atoms with van der Waals surface area (Å²) in [5.74, 6) is -0.00773. The molecule has 0 aromatic heterocycles. The summed E-state index contributed by atoms with van der Waals surface area (Å²) in [4.78, 5) is 10.3. The van der Waals surface area contributed by atoms with Crippen molar-refractivity contribution in [1.29, 1.82) is 0 Å². The summed E-state index contributed by atoms with van der Waals surface area (Å²) < 4.78 is 17.7. The highest BCUT2D eigenvalue weighted by Crippen LogP contribution is 2.37. The Kier molecular flexibility index (Phi) is 5.49. The van der Waals surface area contributed by atoms with Crippen LogP contribution in [0.2, 0.25) is 0 Å². The van der Waals surface area contributed by atoms with Gasteiger partial charge in [-0.05, 0) is 13.0 Å². The highest BCUT2D eigenvalue weighted by Gasteiger charge is 2.23. The van der Waals surface area contributed by atoms with Gasteiger partial charge in [0.05, 0.1) is 24.3 Å². The first-order valence-corrected chi connectivity index (χ1v) is 6.11. The minimum Gasteiger partial charge on any atom is -0.486 e. The Bertz CT molecular complexity index is 439. The van der Waals surface area contributed by atoms with Gasteiger partial charge >= 0.3 is 5.69 Å². The fourth-order valence-corrected chi connectivity index (χ4v) is 1.90. The summed E-state index contributed by atoms with van der Waals surface area (Å²) in [6.45, 7) is 0.945. The number of nitro groups is 1. The van der Waals surface area contributed by atoms with E-state index in [0.717, 1.165) is 0 Å². The lowest BCUT2D eigenvalue weighted by Gasteiger charge is -2.13. The Morgan fingerprint density at radius 2 is 2.28 bits per heavy atom. The van der Waals surface area contributed by atoms with E-state index in [1.54, 1.807) is 6.07 Å². The molecule has 0 aliphatic rings. The van der Waals surface area contributed by atoms with E-state index in [2.05, 4.69) is 15.9 Å². The summed E-state index contributed by atoms with van der Waals surface area (Å²) in [7, 11) is 0. The second kappa shape index (κ2) is 6.65. The van der Waals surface area contributed by atoms with Crippen LogP contribution in [0, 0.1) is 10.1 Å². The summed E-state index contributed by atoms with van der Waals surface area (Å²) in [6.07, 6.45) is -0.770. The van der Waals surface area contributed by atoms with E-state index in [0.29, 0.717) is 10.0 Å². The van der Waals surface area contributed by atoms with Crippen LogP contribution in [-0.2, 0) is 0 Å². The molecule has 0 aliphatic heterocycles. The molecule has 1 N–H and O–H groups in total. The largest absolute Gasteiger partial charge is 0.486 e. The Morgan fingerprint density at radius 3 is 2.78 bits per heavy atom. The number of alkyl halides is 1. The van der Waals surface area contributed by atoms with Gasteiger partial charge < -0.3 is 9.84 Å². The van der Waals surface area contributed by atoms with Gasteiger partial charge in [-0.25, -0.2) is 0 Å². The number of nitrogens with zero attached hydrogens (tertiary/aromatic N) is 1. The average Bonchev–Trinajstić information content (AvgIpc) is 2.30. The van der Waals surface area contributed by atoms with Crippen LogP contribution >= 0.6 is 15.9 Å². The highest BCUT2D eigenvalue weighted by molar-refractivity contribution is 9.10. The second-order valence-corrected chi connectivity index (χ2v) is 4.58. The predicted molar refractivity (Wildman–Crippen MR) is 67.5 cm³/mol. The molecule has 0 saturated heterocycles. The van der Waals surface area contributed by atoms with Crippen molar-refractivity contribution in [2.24, 2.45) is 0 Å². The molecule has 1 rings (SSSR count). The van der Waals surface area contributed by atoms with Gasteiger partial charge in [0, 0.05) is 22.5 Å². The molecule has 0 radical (unpaired) electrons. The van der Waals surface area contributed by atoms with Crippen LogP contribution in [0.3, 0.4) is 0 Å². The van der Waals surface area contributed by atoms with Crippen molar-refractivity contribution in [1.82, 2.24) is 0 Å². The second-order valence-electron chi connectivity index (χ2n) is 3.67. The third kappa shape index (κ3) is 3.64. The third-order valence-electron chi connectivity index (χ3n) is 2.23. The zero-order valence-corrected chi connectivity index (χ0v) is 11.3. The molecule has 0 spiro atoms. The van der Waals surface area contributed by atoms with E-state index in [9.17, 15) is 19.6 Å². The number of hydrogen-bond acceptors (Lipinski definition) is 4. The lowest BCUT2D eigenvalue weighted by atomic mass is 10.1. The Morgan fingerprint density at radius 1 is 1.61 bits per heavy atom. The molecule has 0 unspecified atom stereocenters. The van der Waals surface area contributed by atoms with Gasteiger partial charge in [0.1, 0.15) is 0 Å². The Hall–Kier alpha value is -1.21. The number of halogens is 2. The number of hydrogen-bond donors (Lipinski definition) is 1. The van der Waals surface area contributed by atoms with Crippen molar-refractivity contribution < 1.29 is 19.2 Å². The topological polar surface area (TPSA) is 72.6 Å². The number of aliphatic hydroxyl groups is 1. The van der Waals surface area contributed by atoms with Gasteiger partial charge in [-0.1, -0.05) is 15.9 Å². The van der Waals surface area contributed by atoms with Crippen molar-refractivity contribution in [3.8, 4) is 5.75 Å². The van der Waals surface area contributed by atoms with Gasteiger partial charge in [-0.2, -0.15) is 0 Å². The maximum absolute atomic E-state index is 12.0. The zero-order valence-electron chi connectivity index (χ0n) is 9.73. The fourth-order valence-electron chi connectivity index (χ4n) is 1.43. The molecule has 0 heterocycles. The molecule has 0 saturated carbocycles. The quantitative estimate of drug-likeness (QED) is 0.496. The minimum atomic E-state index is -0.915. The molecule has 5 nitrogen and oxygen atoms in total. The van der Waals surface area contributed by atoms with Gasteiger partial charge in [0.2, 0.25) is 5.75 Å². The molecule has 7 heteroatoms. The van der Waals surface area contributed by atoms with Crippen molar-refractivity contribution >= 4 is 21.6 Å². The summed E-state index contributed by atoms with van der Waals surface area (Å²) >= 11 is 3.13. The van der Waals surface area contributed by atoms with Crippen LogP contribution in [0.1, 0.15) is 25.0 Å². The van der Waals surface area contributed by atoms with E-state index in [1.165, 1.54) is 13.0 Å². The lowest BCUT2D eigenvalue weighted by molar-refractivity contribution is -0.386. The first-order valence-electron chi connectivity index (χ1n) is 5.32.